The number of nitrogens with one attached hydrogen (secondary N) is 1. The summed E-state index contributed by atoms with van der Waals surface area (Å²) in [4.78, 5) is 24.8. The van der Waals surface area contributed by atoms with Crippen molar-refractivity contribution in [1.29, 1.82) is 0 Å². The number of carbonyl (C=O) groups excluding carboxylic acids is 2. The van der Waals surface area contributed by atoms with Crippen LogP contribution in [0.25, 0.3) is 0 Å². The molecule has 0 saturated carbocycles. The van der Waals surface area contributed by atoms with Gasteiger partial charge in [-0.2, -0.15) is 0 Å². The van der Waals surface area contributed by atoms with Crippen molar-refractivity contribution in [2.24, 2.45) is 0 Å². The number of hydrogen-bond donors (Lipinski definition) is 1. The van der Waals surface area contributed by atoms with E-state index in [1.807, 2.05) is 6.92 Å². The summed E-state index contributed by atoms with van der Waals surface area (Å²) in [6, 6.07) is -0.460. The smallest absolute Gasteiger partial charge is 0.307 e. The topological polar surface area (TPSA) is 67.9 Å². The van der Waals surface area contributed by atoms with E-state index in [-0.39, 0.29) is 18.3 Å². The van der Waals surface area contributed by atoms with E-state index in [0.29, 0.717) is 32.8 Å². The Morgan fingerprint density at radius 3 is 3.00 bits per heavy atom. The molecule has 6 heteroatoms. The zero-order valence-electron chi connectivity index (χ0n) is 10.4. The fourth-order valence-electron chi connectivity index (χ4n) is 1.74. The number of esters is 1. The molecule has 17 heavy (non-hydrogen) atoms. The van der Waals surface area contributed by atoms with Crippen LogP contribution in [0.15, 0.2) is 0 Å². The van der Waals surface area contributed by atoms with E-state index in [2.05, 4.69) is 10.1 Å². The number of methoxy groups -OCH3 is 1. The average molecular weight is 244 g/mol. The maximum Gasteiger partial charge on any atom is 0.307 e. The molecule has 1 fully saturated rings. The molecule has 98 valence electrons. The summed E-state index contributed by atoms with van der Waals surface area (Å²) in [6.07, 6.45) is 0.0838. The van der Waals surface area contributed by atoms with Gasteiger partial charge in [0, 0.05) is 26.2 Å². The Morgan fingerprint density at radius 2 is 2.35 bits per heavy atom. The van der Waals surface area contributed by atoms with Crippen molar-refractivity contribution in [3.63, 3.8) is 0 Å². The third kappa shape index (κ3) is 4.32. The number of rotatable bonds is 6. The first-order valence-electron chi connectivity index (χ1n) is 5.85. The van der Waals surface area contributed by atoms with E-state index in [1.54, 1.807) is 4.90 Å². The van der Waals surface area contributed by atoms with E-state index < -0.39 is 6.04 Å². The van der Waals surface area contributed by atoms with Gasteiger partial charge in [0.05, 0.1) is 26.2 Å². The molecule has 1 aliphatic heterocycles. The molecule has 0 radical (unpaired) electrons. The van der Waals surface area contributed by atoms with Gasteiger partial charge in [0.2, 0.25) is 5.91 Å². The number of hydrogen-bond acceptors (Lipinski definition) is 5. The molecule has 1 rings (SSSR count). The van der Waals surface area contributed by atoms with Gasteiger partial charge in [-0.25, -0.2) is 0 Å². The molecule has 0 aromatic rings. The Hall–Kier alpha value is -1.14. The van der Waals surface area contributed by atoms with Crippen LogP contribution in [0.1, 0.15) is 13.3 Å². The lowest BCUT2D eigenvalue weighted by atomic mass is 10.1. The first kappa shape index (κ1) is 13.9. The number of piperazine rings is 1. The molecule has 0 aliphatic carbocycles. The summed E-state index contributed by atoms with van der Waals surface area (Å²) >= 11 is 0. The Kier molecular flexibility index (Phi) is 5.93. The molecule has 1 unspecified atom stereocenters. The maximum atomic E-state index is 12.0. The minimum Gasteiger partial charge on any atom is -0.469 e. The lowest BCUT2D eigenvalue weighted by molar-refractivity contribution is -0.146. The van der Waals surface area contributed by atoms with E-state index in [4.69, 9.17) is 4.74 Å². The number of ether oxygens (including phenoxy) is 2. The van der Waals surface area contributed by atoms with Gasteiger partial charge in [-0.05, 0) is 6.92 Å². The van der Waals surface area contributed by atoms with Gasteiger partial charge in [-0.3, -0.25) is 9.59 Å². The van der Waals surface area contributed by atoms with Crippen LogP contribution in [0.2, 0.25) is 0 Å². The second kappa shape index (κ2) is 7.24. The van der Waals surface area contributed by atoms with E-state index in [1.165, 1.54) is 7.11 Å². The highest BCUT2D eigenvalue weighted by molar-refractivity contribution is 5.87. The Labute approximate surface area is 101 Å². The summed E-state index contributed by atoms with van der Waals surface area (Å²) in [5, 5.41) is 3.02. The van der Waals surface area contributed by atoms with Crippen molar-refractivity contribution in [1.82, 2.24) is 10.2 Å². The summed E-state index contributed by atoms with van der Waals surface area (Å²) in [5.74, 6) is -0.427. The molecule has 1 N–H and O–H groups in total. The van der Waals surface area contributed by atoms with Crippen molar-refractivity contribution in [2.45, 2.75) is 19.4 Å². The van der Waals surface area contributed by atoms with Crippen molar-refractivity contribution in [3.8, 4) is 0 Å². The van der Waals surface area contributed by atoms with Gasteiger partial charge in [-0.1, -0.05) is 0 Å². The molecule has 1 atom stereocenters. The van der Waals surface area contributed by atoms with Crippen LogP contribution < -0.4 is 5.32 Å². The molecule has 6 nitrogen and oxygen atoms in total. The van der Waals surface area contributed by atoms with Crippen LogP contribution >= 0.6 is 0 Å². The average Bonchev–Trinajstić information content (AvgIpc) is 2.34. The highest BCUT2D eigenvalue weighted by Crippen LogP contribution is 2.05. The van der Waals surface area contributed by atoms with E-state index >= 15 is 0 Å². The van der Waals surface area contributed by atoms with Gasteiger partial charge in [0.25, 0.3) is 0 Å². The Morgan fingerprint density at radius 1 is 1.59 bits per heavy atom. The number of nitrogens with zero attached hydrogens (tertiary/aromatic N) is 1. The van der Waals surface area contributed by atoms with Gasteiger partial charge in [-0.15, -0.1) is 0 Å². The highest BCUT2D eigenvalue weighted by atomic mass is 16.5. The van der Waals surface area contributed by atoms with Gasteiger partial charge in [0.1, 0.15) is 0 Å². The normalized spacial score (nSPS) is 20.5. The summed E-state index contributed by atoms with van der Waals surface area (Å²) in [5.41, 5.74) is 0. The zero-order chi connectivity index (χ0) is 12.7. The highest BCUT2D eigenvalue weighted by Gasteiger charge is 2.29. The number of amides is 1. The van der Waals surface area contributed by atoms with Crippen molar-refractivity contribution in [2.75, 3.05) is 40.0 Å². The SMILES string of the molecule is CCOCCN1CCNC(CC(=O)OC)C1=O. The molecule has 0 aromatic heterocycles. The summed E-state index contributed by atoms with van der Waals surface area (Å²) < 4.78 is 9.78. The second-order valence-corrected chi connectivity index (χ2v) is 3.81. The first-order valence-corrected chi connectivity index (χ1v) is 5.85. The molecule has 0 bridgehead atoms. The minimum absolute atomic E-state index is 0.0543. The lowest BCUT2D eigenvalue weighted by Crippen LogP contribution is -2.56. The zero-order valence-corrected chi connectivity index (χ0v) is 10.4. The third-order valence-electron chi connectivity index (χ3n) is 2.69. The standard InChI is InChI=1S/C11H20N2O4/c1-3-17-7-6-13-5-4-12-9(11(13)15)8-10(14)16-2/h9,12H,3-8H2,1-2H3. The largest absolute Gasteiger partial charge is 0.469 e. The molecular weight excluding hydrogens is 224 g/mol. The Bertz CT molecular complexity index is 270. The van der Waals surface area contributed by atoms with Crippen molar-refractivity contribution < 1.29 is 19.1 Å². The molecule has 1 aliphatic rings. The van der Waals surface area contributed by atoms with Crippen LogP contribution in [-0.2, 0) is 19.1 Å². The predicted molar refractivity (Wildman–Crippen MR) is 61.5 cm³/mol. The molecular formula is C11H20N2O4. The van der Waals surface area contributed by atoms with Crippen LogP contribution in [0.4, 0.5) is 0 Å². The molecule has 1 amide bonds. The molecule has 0 spiro atoms. The monoisotopic (exact) mass is 244 g/mol. The van der Waals surface area contributed by atoms with Gasteiger partial charge in [0.15, 0.2) is 0 Å². The first-order chi connectivity index (χ1) is 8.19. The molecule has 1 saturated heterocycles. The molecule has 1 heterocycles. The van der Waals surface area contributed by atoms with Gasteiger partial charge >= 0.3 is 5.97 Å². The second-order valence-electron chi connectivity index (χ2n) is 3.81. The third-order valence-corrected chi connectivity index (χ3v) is 2.69. The maximum absolute atomic E-state index is 12.0. The molecule has 0 aromatic carbocycles. The Balaban J connectivity index is 2.41. The fraction of sp³-hybridized carbons (Fsp3) is 0.818. The fourth-order valence-corrected chi connectivity index (χ4v) is 1.74. The minimum atomic E-state index is -0.460. The van der Waals surface area contributed by atoms with Gasteiger partial charge < -0.3 is 19.7 Å². The van der Waals surface area contributed by atoms with Crippen LogP contribution in [0, 0.1) is 0 Å². The quantitative estimate of drug-likeness (QED) is 0.498. The van der Waals surface area contributed by atoms with Crippen LogP contribution in [0.5, 0.6) is 0 Å². The summed E-state index contributed by atoms with van der Waals surface area (Å²) in [7, 11) is 1.32. The van der Waals surface area contributed by atoms with E-state index in [9.17, 15) is 9.59 Å². The number of carbonyl (C=O) groups is 2. The van der Waals surface area contributed by atoms with Crippen LogP contribution in [-0.4, -0.2) is 62.8 Å². The van der Waals surface area contributed by atoms with Crippen molar-refractivity contribution in [3.05, 3.63) is 0 Å². The van der Waals surface area contributed by atoms with Crippen molar-refractivity contribution >= 4 is 11.9 Å². The lowest BCUT2D eigenvalue weighted by Gasteiger charge is -2.32. The summed E-state index contributed by atoms with van der Waals surface area (Å²) in [6.45, 7) is 5.02. The van der Waals surface area contributed by atoms with E-state index in [0.717, 1.165) is 0 Å². The van der Waals surface area contributed by atoms with Crippen LogP contribution in [0.3, 0.4) is 0 Å². The predicted octanol–water partition coefficient (Wildman–Crippen LogP) is -0.614.